The number of hydrogen-bond donors (Lipinski definition) is 1. The maximum atomic E-state index is 12.4. The molecule has 24 heavy (non-hydrogen) atoms. The number of esters is 1. The number of hydrogen-bond acceptors (Lipinski definition) is 6. The van der Waals surface area contributed by atoms with Crippen LogP contribution in [0.25, 0.3) is 0 Å². The number of thiophene rings is 1. The first-order valence-electron chi connectivity index (χ1n) is 7.34. The van der Waals surface area contributed by atoms with Crippen LogP contribution in [0.4, 0.5) is 0 Å². The van der Waals surface area contributed by atoms with Crippen molar-refractivity contribution in [1.82, 2.24) is 4.72 Å². The summed E-state index contributed by atoms with van der Waals surface area (Å²) in [5.74, 6) is -0.696. The van der Waals surface area contributed by atoms with Crippen molar-refractivity contribution in [3.05, 3.63) is 16.5 Å². The van der Waals surface area contributed by atoms with Crippen LogP contribution < -0.4 is 4.72 Å². The van der Waals surface area contributed by atoms with Gasteiger partial charge in [0.1, 0.15) is 15.9 Å². The molecule has 9 heteroatoms. The Morgan fingerprint density at radius 1 is 1.21 bits per heavy atom. The summed E-state index contributed by atoms with van der Waals surface area (Å²) in [4.78, 5) is 12.3. The van der Waals surface area contributed by atoms with Crippen LogP contribution in [0, 0.1) is 0 Å². The molecule has 0 radical (unpaired) electrons. The largest absolute Gasteiger partial charge is 0.459 e. The van der Waals surface area contributed by atoms with E-state index in [-0.39, 0.29) is 10.8 Å². The molecule has 0 amide bonds. The summed E-state index contributed by atoms with van der Waals surface area (Å²) >= 11 is 6.69. The first-order chi connectivity index (χ1) is 10.7. The Kier molecular flexibility index (Phi) is 6.85. The molecule has 0 aliphatic heterocycles. The van der Waals surface area contributed by atoms with E-state index in [4.69, 9.17) is 21.1 Å². The predicted octanol–water partition coefficient (Wildman–Crippen LogP) is 3.21. The highest BCUT2D eigenvalue weighted by Gasteiger charge is 2.32. The highest BCUT2D eigenvalue weighted by molar-refractivity contribution is 7.91. The van der Waals surface area contributed by atoms with Crippen LogP contribution in [0.2, 0.25) is 4.34 Å². The van der Waals surface area contributed by atoms with Gasteiger partial charge in [-0.1, -0.05) is 11.6 Å². The van der Waals surface area contributed by atoms with E-state index in [1.165, 1.54) is 12.1 Å². The van der Waals surface area contributed by atoms with Crippen molar-refractivity contribution in [3.8, 4) is 0 Å². The highest BCUT2D eigenvalue weighted by Crippen LogP contribution is 2.25. The van der Waals surface area contributed by atoms with Crippen LogP contribution in [0.15, 0.2) is 16.3 Å². The van der Waals surface area contributed by atoms with E-state index in [2.05, 4.69) is 4.72 Å². The van der Waals surface area contributed by atoms with Gasteiger partial charge < -0.3 is 9.47 Å². The number of sulfonamides is 1. The number of halogens is 1. The van der Waals surface area contributed by atoms with Gasteiger partial charge in [0.2, 0.25) is 0 Å². The summed E-state index contributed by atoms with van der Waals surface area (Å²) in [5, 5.41) is 0. The molecule has 1 heterocycles. The third-order valence-electron chi connectivity index (χ3n) is 2.49. The van der Waals surface area contributed by atoms with Crippen molar-refractivity contribution in [2.75, 3.05) is 6.61 Å². The smallest absolute Gasteiger partial charge is 0.327 e. The lowest BCUT2D eigenvalue weighted by Crippen LogP contribution is -2.47. The lowest BCUT2D eigenvalue weighted by atomic mass is 10.2. The summed E-state index contributed by atoms with van der Waals surface area (Å²) < 4.78 is 38.4. The molecule has 0 saturated heterocycles. The molecule has 138 valence electrons. The Morgan fingerprint density at radius 3 is 2.21 bits per heavy atom. The minimum Gasteiger partial charge on any atom is -0.459 e. The number of ether oxygens (including phenoxy) is 2. The molecule has 0 aromatic carbocycles. The van der Waals surface area contributed by atoms with Crippen LogP contribution in [-0.4, -0.2) is 38.2 Å². The fourth-order valence-electron chi connectivity index (χ4n) is 1.54. The van der Waals surface area contributed by atoms with Gasteiger partial charge >= 0.3 is 5.97 Å². The Morgan fingerprint density at radius 2 is 1.79 bits per heavy atom. The summed E-state index contributed by atoms with van der Waals surface area (Å²) in [6.45, 7) is 10.4. The second-order valence-corrected chi connectivity index (χ2v) is 10.8. The Labute approximate surface area is 152 Å². The Balaban J connectivity index is 2.97. The van der Waals surface area contributed by atoms with Crippen LogP contribution in [-0.2, 0) is 24.3 Å². The van der Waals surface area contributed by atoms with Crippen LogP contribution >= 0.6 is 22.9 Å². The molecule has 1 rings (SSSR count). The van der Waals surface area contributed by atoms with Crippen molar-refractivity contribution >= 4 is 38.9 Å². The maximum absolute atomic E-state index is 12.4. The molecule has 1 aromatic rings. The SMILES string of the molecule is CC(C)(C)OCC(NS(=O)(=O)c1ccc(Cl)s1)C(=O)OC(C)(C)C. The van der Waals surface area contributed by atoms with Crippen molar-refractivity contribution in [3.63, 3.8) is 0 Å². The van der Waals surface area contributed by atoms with E-state index in [0.29, 0.717) is 4.34 Å². The van der Waals surface area contributed by atoms with E-state index in [1.807, 2.05) is 20.8 Å². The number of carbonyl (C=O) groups is 1. The zero-order valence-electron chi connectivity index (χ0n) is 14.7. The molecular weight excluding hydrogens is 374 g/mol. The molecule has 6 nitrogen and oxygen atoms in total. The van der Waals surface area contributed by atoms with Gasteiger partial charge in [0.05, 0.1) is 16.5 Å². The van der Waals surface area contributed by atoms with E-state index in [1.54, 1.807) is 20.8 Å². The number of rotatable bonds is 6. The summed E-state index contributed by atoms with van der Waals surface area (Å²) in [5.41, 5.74) is -1.27. The molecule has 0 spiro atoms. The average Bonchev–Trinajstić information content (AvgIpc) is 2.78. The highest BCUT2D eigenvalue weighted by atomic mass is 35.5. The molecule has 1 unspecified atom stereocenters. The van der Waals surface area contributed by atoms with Gasteiger partial charge in [-0.25, -0.2) is 8.42 Å². The maximum Gasteiger partial charge on any atom is 0.327 e. The third-order valence-corrected chi connectivity index (χ3v) is 5.68. The van der Waals surface area contributed by atoms with Gasteiger partial charge in [-0.2, -0.15) is 4.72 Å². The first-order valence-corrected chi connectivity index (χ1v) is 10.0. The summed E-state index contributed by atoms with van der Waals surface area (Å²) in [6, 6.07) is 1.70. The van der Waals surface area contributed by atoms with Gasteiger partial charge in [-0.05, 0) is 53.7 Å². The molecular formula is C15H24ClNO5S2. The lowest BCUT2D eigenvalue weighted by molar-refractivity contribution is -0.159. The summed E-state index contributed by atoms with van der Waals surface area (Å²) in [6.07, 6.45) is 0. The molecule has 0 saturated carbocycles. The summed E-state index contributed by atoms with van der Waals surface area (Å²) in [7, 11) is -3.90. The molecule has 1 aromatic heterocycles. The predicted molar refractivity (Wildman–Crippen MR) is 95.0 cm³/mol. The quantitative estimate of drug-likeness (QED) is 0.745. The normalized spacial score (nSPS) is 14.5. The third kappa shape index (κ3) is 7.48. The molecule has 0 bridgehead atoms. The Bertz CT molecular complexity index is 671. The van der Waals surface area contributed by atoms with Gasteiger partial charge in [0.15, 0.2) is 0 Å². The number of nitrogens with one attached hydrogen (secondary N) is 1. The molecule has 0 aliphatic rings. The van der Waals surface area contributed by atoms with Crippen LogP contribution in [0.3, 0.4) is 0 Å². The van der Waals surface area contributed by atoms with E-state index in [0.717, 1.165) is 11.3 Å². The van der Waals surface area contributed by atoms with Gasteiger partial charge in [-0.15, -0.1) is 11.3 Å². The Hall–Kier alpha value is -0.670. The molecule has 1 atom stereocenters. The van der Waals surface area contributed by atoms with Gasteiger partial charge in [0.25, 0.3) is 10.0 Å². The lowest BCUT2D eigenvalue weighted by Gasteiger charge is -2.27. The zero-order valence-corrected chi connectivity index (χ0v) is 17.1. The van der Waals surface area contributed by atoms with E-state index < -0.39 is 33.2 Å². The average molecular weight is 398 g/mol. The molecule has 0 fully saturated rings. The number of carbonyl (C=O) groups excluding carboxylic acids is 1. The second kappa shape index (κ2) is 7.70. The van der Waals surface area contributed by atoms with Gasteiger partial charge in [0, 0.05) is 0 Å². The first kappa shape index (κ1) is 21.4. The zero-order chi connectivity index (χ0) is 18.8. The van der Waals surface area contributed by atoms with Crippen molar-refractivity contribution in [2.45, 2.75) is 63.0 Å². The topological polar surface area (TPSA) is 81.7 Å². The van der Waals surface area contributed by atoms with Gasteiger partial charge in [-0.3, -0.25) is 4.79 Å². The minimum absolute atomic E-state index is 0.0248. The fourth-order valence-corrected chi connectivity index (χ4v) is 4.21. The molecule has 1 N–H and O–H groups in total. The van der Waals surface area contributed by atoms with Crippen LogP contribution in [0.1, 0.15) is 41.5 Å². The molecule has 0 aliphatic carbocycles. The minimum atomic E-state index is -3.90. The van der Waals surface area contributed by atoms with E-state index >= 15 is 0 Å². The monoisotopic (exact) mass is 397 g/mol. The standard InChI is InChI=1S/C15H24ClNO5S2/c1-14(2,3)21-9-10(13(18)22-15(4,5)6)17-24(19,20)12-8-7-11(16)23-12/h7-8,10,17H,9H2,1-6H3. The van der Waals surface area contributed by atoms with E-state index in [9.17, 15) is 13.2 Å². The van der Waals surface area contributed by atoms with Crippen molar-refractivity contribution < 1.29 is 22.7 Å². The van der Waals surface area contributed by atoms with Crippen LogP contribution in [0.5, 0.6) is 0 Å². The van der Waals surface area contributed by atoms with Crippen molar-refractivity contribution in [2.24, 2.45) is 0 Å². The fraction of sp³-hybridized carbons (Fsp3) is 0.667. The second-order valence-electron chi connectivity index (χ2n) is 7.19. The van der Waals surface area contributed by atoms with Crippen molar-refractivity contribution in [1.29, 1.82) is 0 Å².